The molecule has 84 valence electrons. The lowest BCUT2D eigenvalue weighted by atomic mass is 9.77. The van der Waals surface area contributed by atoms with E-state index in [-0.39, 0.29) is 12.8 Å². The Hall–Kier alpha value is -1.43. The van der Waals surface area contributed by atoms with E-state index < -0.39 is 29.4 Å². The Morgan fingerprint density at radius 3 is 2.07 bits per heavy atom. The van der Waals surface area contributed by atoms with Crippen molar-refractivity contribution in [1.29, 1.82) is 0 Å². The molecular formula is C9H14N2O4. The number of imide groups is 2. The van der Waals surface area contributed by atoms with Crippen LogP contribution in [0.15, 0.2) is 0 Å². The predicted molar refractivity (Wildman–Crippen MR) is 50.7 cm³/mol. The quantitative estimate of drug-likeness (QED) is 0.553. The van der Waals surface area contributed by atoms with E-state index in [0.29, 0.717) is 0 Å². The highest BCUT2D eigenvalue weighted by atomic mass is 16.3. The predicted octanol–water partition coefficient (Wildman–Crippen LogP) is -0.480. The summed E-state index contributed by atoms with van der Waals surface area (Å²) in [6.07, 6.45) is -0.535. The summed E-state index contributed by atoms with van der Waals surface area (Å²) in [6.45, 7) is 3.16. The van der Waals surface area contributed by atoms with Crippen LogP contribution in [0.5, 0.6) is 0 Å². The summed E-state index contributed by atoms with van der Waals surface area (Å²) >= 11 is 0. The van der Waals surface area contributed by atoms with Gasteiger partial charge in [0.1, 0.15) is 5.41 Å². The smallest absolute Gasteiger partial charge is 0.328 e. The Bertz CT molecular complexity index is 291. The first-order valence-electron chi connectivity index (χ1n) is 4.77. The minimum atomic E-state index is -1.33. The molecular weight excluding hydrogens is 200 g/mol. The number of hydrogen-bond donors (Lipinski definition) is 3. The van der Waals surface area contributed by atoms with Gasteiger partial charge in [0.15, 0.2) is 0 Å². The number of aliphatic hydroxyl groups excluding tert-OH is 1. The maximum Gasteiger partial charge on any atom is 0.328 e. The number of aliphatic hydroxyl groups is 1. The van der Waals surface area contributed by atoms with Crippen molar-refractivity contribution < 1.29 is 19.5 Å². The van der Waals surface area contributed by atoms with Gasteiger partial charge in [0, 0.05) is 0 Å². The van der Waals surface area contributed by atoms with Crippen LogP contribution in [0.3, 0.4) is 0 Å². The van der Waals surface area contributed by atoms with Gasteiger partial charge in [-0.2, -0.15) is 0 Å². The monoisotopic (exact) mass is 214 g/mol. The van der Waals surface area contributed by atoms with E-state index in [1.807, 2.05) is 10.6 Å². The third kappa shape index (κ3) is 1.99. The van der Waals surface area contributed by atoms with Crippen molar-refractivity contribution in [3.8, 4) is 0 Å². The fourth-order valence-corrected chi connectivity index (χ4v) is 1.74. The van der Waals surface area contributed by atoms with Crippen LogP contribution < -0.4 is 10.6 Å². The van der Waals surface area contributed by atoms with Gasteiger partial charge < -0.3 is 5.11 Å². The molecule has 0 unspecified atom stereocenters. The number of urea groups is 1. The van der Waals surface area contributed by atoms with Gasteiger partial charge in [-0.1, -0.05) is 6.92 Å². The molecule has 6 nitrogen and oxygen atoms in total. The van der Waals surface area contributed by atoms with Crippen molar-refractivity contribution in [2.24, 2.45) is 5.41 Å². The van der Waals surface area contributed by atoms with Crippen molar-refractivity contribution in [2.45, 2.75) is 32.8 Å². The number of nitrogens with one attached hydrogen (secondary N) is 2. The van der Waals surface area contributed by atoms with Gasteiger partial charge >= 0.3 is 6.03 Å². The number of carbonyl (C=O) groups excluding carboxylic acids is 3. The van der Waals surface area contributed by atoms with Crippen molar-refractivity contribution in [3.05, 3.63) is 0 Å². The molecule has 3 N–H and O–H groups in total. The molecule has 1 saturated heterocycles. The molecule has 1 rings (SSSR count). The molecule has 15 heavy (non-hydrogen) atoms. The molecule has 0 aliphatic carbocycles. The van der Waals surface area contributed by atoms with Gasteiger partial charge in [-0.05, 0) is 19.8 Å². The maximum atomic E-state index is 11.6. The molecule has 0 bridgehead atoms. The number of barbiturate groups is 1. The second kappa shape index (κ2) is 3.98. The second-order valence-corrected chi connectivity index (χ2v) is 3.73. The third-order valence-corrected chi connectivity index (χ3v) is 2.57. The van der Waals surface area contributed by atoms with Crippen LogP contribution in [0.1, 0.15) is 26.7 Å². The molecule has 0 aromatic heterocycles. The molecule has 1 aliphatic rings. The normalized spacial score (nSPS) is 21.9. The van der Waals surface area contributed by atoms with Crippen LogP contribution in [0.25, 0.3) is 0 Å². The zero-order valence-electron chi connectivity index (χ0n) is 8.66. The minimum absolute atomic E-state index is 0.00838. The fourth-order valence-electron chi connectivity index (χ4n) is 1.74. The van der Waals surface area contributed by atoms with Gasteiger partial charge in [0.2, 0.25) is 11.8 Å². The van der Waals surface area contributed by atoms with E-state index in [0.717, 1.165) is 0 Å². The molecule has 6 heteroatoms. The number of carbonyl (C=O) groups is 3. The van der Waals surface area contributed by atoms with Crippen LogP contribution in [-0.2, 0) is 9.59 Å². The van der Waals surface area contributed by atoms with Crippen molar-refractivity contribution in [1.82, 2.24) is 10.6 Å². The molecule has 4 amide bonds. The average molecular weight is 214 g/mol. The lowest BCUT2D eigenvalue weighted by molar-refractivity contribution is -0.146. The Labute approximate surface area is 87.0 Å². The molecule has 1 aliphatic heterocycles. The highest BCUT2D eigenvalue weighted by Gasteiger charge is 2.49. The third-order valence-electron chi connectivity index (χ3n) is 2.57. The van der Waals surface area contributed by atoms with Gasteiger partial charge in [-0.25, -0.2) is 4.79 Å². The summed E-state index contributed by atoms with van der Waals surface area (Å²) in [6, 6.07) is -0.806. The maximum absolute atomic E-state index is 11.6. The summed E-state index contributed by atoms with van der Waals surface area (Å²) < 4.78 is 0. The van der Waals surface area contributed by atoms with Crippen molar-refractivity contribution >= 4 is 17.8 Å². The van der Waals surface area contributed by atoms with E-state index in [1.165, 1.54) is 6.92 Å². The largest absolute Gasteiger partial charge is 0.393 e. The Morgan fingerprint density at radius 2 is 1.73 bits per heavy atom. The molecule has 0 saturated carbocycles. The Balaban J connectivity index is 3.00. The number of amides is 4. The van der Waals surface area contributed by atoms with Gasteiger partial charge in [-0.15, -0.1) is 0 Å². The highest BCUT2D eigenvalue weighted by Crippen LogP contribution is 2.30. The summed E-state index contributed by atoms with van der Waals surface area (Å²) in [7, 11) is 0. The van der Waals surface area contributed by atoms with Gasteiger partial charge in [-0.3, -0.25) is 20.2 Å². The summed E-state index contributed by atoms with van der Waals surface area (Å²) in [5, 5.41) is 13.3. The lowest BCUT2D eigenvalue weighted by Gasteiger charge is -2.33. The topological polar surface area (TPSA) is 95.5 Å². The average Bonchev–Trinajstić information content (AvgIpc) is 2.11. The molecule has 1 fully saturated rings. The van der Waals surface area contributed by atoms with E-state index in [4.69, 9.17) is 0 Å². The lowest BCUT2D eigenvalue weighted by Crippen LogP contribution is -2.62. The van der Waals surface area contributed by atoms with Crippen molar-refractivity contribution in [3.63, 3.8) is 0 Å². The molecule has 0 aromatic rings. The number of hydrogen-bond acceptors (Lipinski definition) is 4. The Kier molecular flexibility index (Phi) is 3.09. The SMILES string of the molecule is CCC1(C[C@@H](C)O)C(=O)NC(=O)NC1=O. The molecule has 0 spiro atoms. The van der Waals surface area contributed by atoms with Crippen LogP contribution in [0.4, 0.5) is 4.79 Å². The van der Waals surface area contributed by atoms with Crippen molar-refractivity contribution in [2.75, 3.05) is 0 Å². The molecule has 1 atom stereocenters. The molecule has 0 aromatic carbocycles. The standard InChI is InChI=1S/C9H14N2O4/c1-3-9(4-5(2)12)6(13)10-8(15)11-7(9)14/h5,12H,3-4H2,1-2H3,(H2,10,11,13,14,15)/t5-/m1/s1. The van der Waals surface area contributed by atoms with Gasteiger partial charge in [0.25, 0.3) is 0 Å². The minimum Gasteiger partial charge on any atom is -0.393 e. The van der Waals surface area contributed by atoms with Crippen LogP contribution in [0.2, 0.25) is 0 Å². The van der Waals surface area contributed by atoms with E-state index in [9.17, 15) is 19.5 Å². The Morgan fingerprint density at radius 1 is 1.27 bits per heavy atom. The molecule has 0 radical (unpaired) electrons. The summed E-state index contributed by atoms with van der Waals surface area (Å²) in [5.74, 6) is -1.28. The second-order valence-electron chi connectivity index (χ2n) is 3.73. The van der Waals surface area contributed by atoms with Crippen LogP contribution >= 0.6 is 0 Å². The van der Waals surface area contributed by atoms with Crippen LogP contribution in [0, 0.1) is 5.41 Å². The molecule has 1 heterocycles. The zero-order chi connectivity index (χ0) is 11.6. The van der Waals surface area contributed by atoms with Gasteiger partial charge in [0.05, 0.1) is 6.10 Å². The fraction of sp³-hybridized carbons (Fsp3) is 0.667. The zero-order valence-corrected chi connectivity index (χ0v) is 8.66. The van der Waals surface area contributed by atoms with E-state index in [2.05, 4.69) is 0 Å². The van der Waals surface area contributed by atoms with Crippen LogP contribution in [-0.4, -0.2) is 29.1 Å². The van der Waals surface area contributed by atoms with E-state index in [1.54, 1.807) is 6.92 Å². The first-order chi connectivity index (χ1) is 6.92. The first-order valence-corrected chi connectivity index (χ1v) is 4.77. The van der Waals surface area contributed by atoms with E-state index >= 15 is 0 Å². The number of rotatable bonds is 3. The highest BCUT2D eigenvalue weighted by molar-refractivity contribution is 6.19. The first kappa shape index (κ1) is 11.6. The summed E-state index contributed by atoms with van der Waals surface area (Å²) in [5.41, 5.74) is -1.33. The summed E-state index contributed by atoms with van der Waals surface area (Å²) in [4.78, 5) is 34.0.